The first-order chi connectivity index (χ1) is 9.28. The van der Waals surface area contributed by atoms with Crippen molar-refractivity contribution in [2.75, 3.05) is 23.9 Å². The van der Waals surface area contributed by atoms with Crippen molar-refractivity contribution in [2.45, 2.75) is 37.6 Å². The molecule has 20 heavy (non-hydrogen) atoms. The van der Waals surface area contributed by atoms with Gasteiger partial charge in [-0.3, -0.25) is 0 Å². The van der Waals surface area contributed by atoms with E-state index in [4.69, 9.17) is 5.73 Å². The van der Waals surface area contributed by atoms with Crippen molar-refractivity contribution in [3.05, 3.63) is 23.8 Å². The molecule has 0 bridgehead atoms. The van der Waals surface area contributed by atoms with Crippen LogP contribution in [0.2, 0.25) is 0 Å². The standard InChI is InChI=1S/C14H21F3N2S/c1-4-13(5-2,20-3)9-19-12-7-6-10(8-11(12)18)14(15,16)17/h6-8,19H,4-5,9,18H2,1-3H3. The van der Waals surface area contributed by atoms with Gasteiger partial charge in [-0.15, -0.1) is 0 Å². The van der Waals surface area contributed by atoms with Gasteiger partial charge in [-0.25, -0.2) is 0 Å². The lowest BCUT2D eigenvalue weighted by Crippen LogP contribution is -2.32. The van der Waals surface area contributed by atoms with Crippen LogP contribution in [0.25, 0.3) is 0 Å². The summed E-state index contributed by atoms with van der Waals surface area (Å²) in [7, 11) is 0. The second-order valence-electron chi connectivity index (χ2n) is 4.75. The Balaban J connectivity index is 2.84. The first-order valence-corrected chi connectivity index (χ1v) is 7.76. The number of benzene rings is 1. The Bertz CT molecular complexity index is 434. The van der Waals surface area contributed by atoms with Crippen molar-refractivity contribution in [1.82, 2.24) is 0 Å². The molecular formula is C14H21F3N2S. The molecule has 0 aromatic heterocycles. The van der Waals surface area contributed by atoms with E-state index in [1.165, 1.54) is 6.07 Å². The van der Waals surface area contributed by atoms with Crippen LogP contribution < -0.4 is 11.1 Å². The molecule has 1 aromatic carbocycles. The SMILES string of the molecule is CCC(CC)(CNc1ccc(C(F)(F)F)cc1N)SC. The van der Waals surface area contributed by atoms with Gasteiger partial charge in [-0.2, -0.15) is 24.9 Å². The molecule has 0 amide bonds. The van der Waals surface area contributed by atoms with Gasteiger partial charge in [0.05, 0.1) is 16.9 Å². The van der Waals surface area contributed by atoms with Gasteiger partial charge in [-0.05, 0) is 37.3 Å². The minimum atomic E-state index is -4.36. The van der Waals surface area contributed by atoms with Crippen LogP contribution in [0.15, 0.2) is 18.2 Å². The fourth-order valence-electron chi connectivity index (χ4n) is 2.02. The van der Waals surface area contributed by atoms with E-state index in [0.29, 0.717) is 12.2 Å². The second kappa shape index (κ2) is 6.61. The fraction of sp³-hybridized carbons (Fsp3) is 0.571. The molecule has 0 heterocycles. The maximum Gasteiger partial charge on any atom is 0.416 e. The van der Waals surface area contributed by atoms with Crippen LogP contribution in [0.3, 0.4) is 0 Å². The van der Waals surface area contributed by atoms with Crippen molar-refractivity contribution < 1.29 is 13.2 Å². The molecule has 2 nitrogen and oxygen atoms in total. The summed E-state index contributed by atoms with van der Waals surface area (Å²) in [4.78, 5) is 0. The predicted octanol–water partition coefficient (Wildman–Crippen LogP) is 4.62. The summed E-state index contributed by atoms with van der Waals surface area (Å²) in [5.74, 6) is 0. The van der Waals surface area contributed by atoms with Crippen LogP contribution in [-0.4, -0.2) is 17.5 Å². The minimum Gasteiger partial charge on any atom is -0.397 e. The highest BCUT2D eigenvalue weighted by Crippen LogP contribution is 2.34. The molecule has 0 aliphatic heterocycles. The second-order valence-corrected chi connectivity index (χ2v) is 6.02. The van der Waals surface area contributed by atoms with Crippen molar-refractivity contribution in [3.63, 3.8) is 0 Å². The van der Waals surface area contributed by atoms with Crippen LogP contribution in [0, 0.1) is 0 Å². The van der Waals surface area contributed by atoms with Crippen LogP contribution in [0.1, 0.15) is 32.3 Å². The number of halogens is 3. The van der Waals surface area contributed by atoms with E-state index >= 15 is 0 Å². The molecule has 0 radical (unpaired) electrons. The topological polar surface area (TPSA) is 38.0 Å². The average molecular weight is 306 g/mol. The first-order valence-electron chi connectivity index (χ1n) is 6.53. The Morgan fingerprint density at radius 1 is 1.20 bits per heavy atom. The number of rotatable bonds is 6. The van der Waals surface area contributed by atoms with Gasteiger partial charge in [0.2, 0.25) is 0 Å². The number of hydrogen-bond donors (Lipinski definition) is 2. The van der Waals surface area contributed by atoms with Crippen molar-refractivity contribution in [3.8, 4) is 0 Å². The number of thioether (sulfide) groups is 1. The normalized spacial score (nSPS) is 12.5. The minimum absolute atomic E-state index is 0.0785. The zero-order valence-electron chi connectivity index (χ0n) is 12.0. The van der Waals surface area contributed by atoms with Gasteiger partial charge in [0.15, 0.2) is 0 Å². The summed E-state index contributed by atoms with van der Waals surface area (Å²) in [5.41, 5.74) is 5.66. The smallest absolute Gasteiger partial charge is 0.397 e. The van der Waals surface area contributed by atoms with Crippen molar-refractivity contribution in [2.24, 2.45) is 0 Å². The molecule has 114 valence electrons. The molecule has 0 atom stereocenters. The first kappa shape index (κ1) is 17.0. The highest BCUT2D eigenvalue weighted by Gasteiger charge is 2.31. The van der Waals surface area contributed by atoms with Crippen molar-refractivity contribution in [1.29, 1.82) is 0 Å². The molecule has 0 fully saturated rings. The van der Waals surface area contributed by atoms with Crippen LogP contribution in [-0.2, 0) is 6.18 Å². The molecule has 1 aromatic rings. The summed E-state index contributed by atoms with van der Waals surface area (Å²) < 4.78 is 37.8. The summed E-state index contributed by atoms with van der Waals surface area (Å²) in [6.07, 6.45) is -0.344. The third-order valence-corrected chi connectivity index (χ3v) is 5.29. The Labute approximate surface area is 122 Å². The highest BCUT2D eigenvalue weighted by atomic mass is 32.2. The third kappa shape index (κ3) is 3.98. The summed E-state index contributed by atoms with van der Waals surface area (Å²) in [6, 6.07) is 3.42. The molecule has 0 saturated heterocycles. The van der Waals surface area contributed by atoms with E-state index in [0.717, 1.165) is 25.0 Å². The number of nitrogen functional groups attached to an aromatic ring is 1. The zero-order valence-corrected chi connectivity index (χ0v) is 12.8. The lowest BCUT2D eigenvalue weighted by atomic mass is 10.0. The van der Waals surface area contributed by atoms with Gasteiger partial charge in [0, 0.05) is 11.3 Å². The largest absolute Gasteiger partial charge is 0.416 e. The Kier molecular flexibility index (Phi) is 5.62. The van der Waals surface area contributed by atoms with E-state index < -0.39 is 11.7 Å². The zero-order chi connectivity index (χ0) is 15.4. The lowest BCUT2D eigenvalue weighted by Gasteiger charge is -2.30. The average Bonchev–Trinajstić information content (AvgIpc) is 2.41. The van der Waals surface area contributed by atoms with Gasteiger partial charge >= 0.3 is 6.18 Å². The van der Waals surface area contributed by atoms with E-state index in [1.54, 1.807) is 11.8 Å². The lowest BCUT2D eigenvalue weighted by molar-refractivity contribution is -0.137. The van der Waals surface area contributed by atoms with Crippen molar-refractivity contribution >= 4 is 23.1 Å². The summed E-state index contributed by atoms with van der Waals surface area (Å²) in [5, 5.41) is 3.17. The molecule has 3 N–H and O–H groups in total. The molecule has 6 heteroatoms. The number of nitrogens with two attached hydrogens (primary N) is 1. The Hall–Kier alpha value is -1.04. The number of hydrogen-bond acceptors (Lipinski definition) is 3. The van der Waals surface area contributed by atoms with E-state index in [9.17, 15) is 13.2 Å². The third-order valence-electron chi connectivity index (χ3n) is 3.70. The van der Waals surface area contributed by atoms with Gasteiger partial charge in [0.1, 0.15) is 0 Å². The molecule has 0 aliphatic carbocycles. The van der Waals surface area contributed by atoms with Crippen LogP contribution in [0.4, 0.5) is 24.5 Å². The van der Waals surface area contributed by atoms with Gasteiger partial charge < -0.3 is 11.1 Å². The van der Waals surface area contributed by atoms with Crippen LogP contribution in [0.5, 0.6) is 0 Å². The summed E-state index contributed by atoms with van der Waals surface area (Å²) in [6.45, 7) is 4.90. The predicted molar refractivity (Wildman–Crippen MR) is 81.2 cm³/mol. The van der Waals surface area contributed by atoms with Gasteiger partial charge in [0.25, 0.3) is 0 Å². The molecule has 1 rings (SSSR count). The quantitative estimate of drug-likeness (QED) is 0.753. The summed E-state index contributed by atoms with van der Waals surface area (Å²) >= 11 is 1.77. The maximum atomic E-state index is 12.6. The molecule has 0 spiro atoms. The fourth-order valence-corrected chi connectivity index (χ4v) is 2.81. The molecular weight excluding hydrogens is 285 g/mol. The Morgan fingerprint density at radius 2 is 1.80 bits per heavy atom. The Morgan fingerprint density at radius 3 is 2.20 bits per heavy atom. The molecule has 0 saturated carbocycles. The van der Waals surface area contributed by atoms with E-state index in [2.05, 4.69) is 19.2 Å². The molecule has 0 unspecified atom stereocenters. The molecule has 0 aliphatic rings. The van der Waals surface area contributed by atoms with E-state index in [1.807, 2.05) is 6.26 Å². The maximum absolute atomic E-state index is 12.6. The number of nitrogens with one attached hydrogen (secondary N) is 1. The van der Waals surface area contributed by atoms with Crippen LogP contribution >= 0.6 is 11.8 Å². The van der Waals surface area contributed by atoms with Gasteiger partial charge in [-0.1, -0.05) is 13.8 Å². The van der Waals surface area contributed by atoms with E-state index in [-0.39, 0.29) is 10.4 Å². The number of alkyl halides is 3. The highest BCUT2D eigenvalue weighted by molar-refractivity contribution is 8.00. The monoisotopic (exact) mass is 306 g/mol. The number of anilines is 2.